The van der Waals surface area contributed by atoms with E-state index in [0.29, 0.717) is 31.5 Å². The Kier molecular flexibility index (Phi) is 8.16. The predicted molar refractivity (Wildman–Crippen MR) is 96.3 cm³/mol. The number of benzene rings is 1. The van der Waals surface area contributed by atoms with E-state index in [4.69, 9.17) is 0 Å². The molecule has 0 aliphatic carbocycles. The molecule has 0 saturated heterocycles. The number of hydrogen-bond acceptors (Lipinski definition) is 2. The Bertz CT molecular complexity index is 499. The van der Waals surface area contributed by atoms with Gasteiger partial charge in [0.05, 0.1) is 0 Å². The Labute approximate surface area is 140 Å². The first-order valence-corrected chi connectivity index (χ1v) is 8.19. The molecule has 0 aliphatic rings. The van der Waals surface area contributed by atoms with E-state index in [9.17, 15) is 4.79 Å². The molecule has 1 amide bonds. The second-order valence-corrected chi connectivity index (χ2v) is 6.16. The molecule has 5 heteroatoms. The zero-order chi connectivity index (χ0) is 17.2. The monoisotopic (exact) mass is 318 g/mol. The van der Waals surface area contributed by atoms with E-state index in [1.165, 1.54) is 0 Å². The number of rotatable bonds is 7. The lowest BCUT2D eigenvalue weighted by molar-refractivity contribution is -0.130. The molecular weight excluding hydrogens is 288 g/mol. The van der Waals surface area contributed by atoms with Gasteiger partial charge in [-0.15, -0.1) is 0 Å². The van der Waals surface area contributed by atoms with Crippen LogP contribution in [-0.2, 0) is 11.3 Å². The molecular formula is C18H30N4O. The average molecular weight is 318 g/mol. The van der Waals surface area contributed by atoms with Gasteiger partial charge in [0, 0.05) is 39.6 Å². The van der Waals surface area contributed by atoms with Crippen molar-refractivity contribution in [3.8, 4) is 0 Å². The number of amides is 1. The van der Waals surface area contributed by atoms with Gasteiger partial charge >= 0.3 is 0 Å². The van der Waals surface area contributed by atoms with Gasteiger partial charge in [-0.25, -0.2) is 0 Å². The summed E-state index contributed by atoms with van der Waals surface area (Å²) in [6, 6.07) is 10.3. The molecule has 1 aromatic carbocycles. The van der Waals surface area contributed by atoms with Crippen molar-refractivity contribution in [1.82, 2.24) is 15.5 Å². The molecule has 0 aliphatic heterocycles. The quantitative estimate of drug-likeness (QED) is 0.599. The van der Waals surface area contributed by atoms with Crippen LogP contribution >= 0.6 is 0 Å². The van der Waals surface area contributed by atoms with Gasteiger partial charge < -0.3 is 15.5 Å². The highest BCUT2D eigenvalue weighted by molar-refractivity contribution is 5.81. The largest absolute Gasteiger partial charge is 0.356 e. The maximum absolute atomic E-state index is 12.2. The molecule has 0 saturated carbocycles. The van der Waals surface area contributed by atoms with E-state index < -0.39 is 0 Å². The molecule has 0 bridgehead atoms. The van der Waals surface area contributed by atoms with Crippen molar-refractivity contribution in [1.29, 1.82) is 0 Å². The summed E-state index contributed by atoms with van der Waals surface area (Å²) in [4.78, 5) is 18.1. The van der Waals surface area contributed by atoms with E-state index in [1.54, 1.807) is 11.9 Å². The Hall–Kier alpha value is -2.04. The van der Waals surface area contributed by atoms with Crippen LogP contribution in [0.15, 0.2) is 35.3 Å². The molecule has 23 heavy (non-hydrogen) atoms. The van der Waals surface area contributed by atoms with Gasteiger partial charge in [0.15, 0.2) is 5.96 Å². The van der Waals surface area contributed by atoms with Gasteiger partial charge in [0.25, 0.3) is 0 Å². The predicted octanol–water partition coefficient (Wildman–Crippen LogP) is 2.24. The Morgan fingerprint density at radius 2 is 1.87 bits per heavy atom. The van der Waals surface area contributed by atoms with Crippen LogP contribution in [0.25, 0.3) is 0 Å². The topological polar surface area (TPSA) is 56.7 Å². The summed E-state index contributed by atoms with van der Waals surface area (Å²) in [5, 5.41) is 6.52. The van der Waals surface area contributed by atoms with Crippen LogP contribution in [0, 0.1) is 5.92 Å². The maximum Gasteiger partial charge on any atom is 0.224 e. The van der Waals surface area contributed by atoms with Crippen LogP contribution in [0.1, 0.15) is 32.8 Å². The number of nitrogens with zero attached hydrogens (tertiary/aromatic N) is 2. The summed E-state index contributed by atoms with van der Waals surface area (Å²) in [6.07, 6.45) is 0.445. The first-order valence-electron chi connectivity index (χ1n) is 8.19. The maximum atomic E-state index is 12.2. The fraction of sp³-hybridized carbons (Fsp3) is 0.556. The zero-order valence-electron chi connectivity index (χ0n) is 15.0. The van der Waals surface area contributed by atoms with Crippen molar-refractivity contribution >= 4 is 11.9 Å². The highest BCUT2D eigenvalue weighted by Crippen LogP contribution is 2.03. The van der Waals surface area contributed by atoms with Gasteiger partial charge in [0.2, 0.25) is 5.91 Å². The molecule has 0 heterocycles. The van der Waals surface area contributed by atoms with Crippen LogP contribution in [0.4, 0.5) is 0 Å². The van der Waals surface area contributed by atoms with Crippen molar-refractivity contribution in [2.75, 3.05) is 20.6 Å². The lowest BCUT2D eigenvalue weighted by Gasteiger charge is -2.21. The van der Waals surface area contributed by atoms with Crippen LogP contribution in [0.2, 0.25) is 0 Å². The first kappa shape index (κ1) is 19.0. The van der Waals surface area contributed by atoms with Crippen LogP contribution in [-0.4, -0.2) is 43.4 Å². The third-order valence-corrected chi connectivity index (χ3v) is 3.91. The molecule has 1 unspecified atom stereocenters. The molecule has 1 aromatic rings. The number of aliphatic imine (C=N–C) groups is 1. The summed E-state index contributed by atoms with van der Waals surface area (Å²) >= 11 is 0. The molecule has 2 N–H and O–H groups in total. The van der Waals surface area contributed by atoms with E-state index in [2.05, 4.69) is 36.4 Å². The summed E-state index contributed by atoms with van der Waals surface area (Å²) in [7, 11) is 3.58. The second kappa shape index (κ2) is 9.87. The third-order valence-electron chi connectivity index (χ3n) is 3.91. The Morgan fingerprint density at radius 1 is 1.22 bits per heavy atom. The minimum absolute atomic E-state index is 0.119. The van der Waals surface area contributed by atoms with Crippen molar-refractivity contribution in [3.63, 3.8) is 0 Å². The molecule has 1 rings (SSSR count). The van der Waals surface area contributed by atoms with Crippen molar-refractivity contribution in [2.45, 2.75) is 39.8 Å². The number of carbonyl (C=O) groups is 1. The standard InChI is InChI=1S/C18H30N4O/c1-14(2)15(3)21-18(19-4)20-12-11-17(23)22(5)13-16-9-7-6-8-10-16/h6-10,14-15H,11-13H2,1-5H3,(H2,19,20,21). The summed E-state index contributed by atoms with van der Waals surface area (Å²) in [5.74, 6) is 1.38. The zero-order valence-corrected chi connectivity index (χ0v) is 15.0. The van der Waals surface area contributed by atoms with Gasteiger partial charge in [-0.2, -0.15) is 0 Å². The van der Waals surface area contributed by atoms with Crippen molar-refractivity contribution in [2.24, 2.45) is 10.9 Å². The smallest absolute Gasteiger partial charge is 0.224 e. The number of hydrogen-bond donors (Lipinski definition) is 2. The minimum Gasteiger partial charge on any atom is -0.356 e. The molecule has 0 radical (unpaired) electrons. The summed E-state index contributed by atoms with van der Waals surface area (Å²) < 4.78 is 0. The summed E-state index contributed by atoms with van der Waals surface area (Å²) in [5.41, 5.74) is 1.14. The highest BCUT2D eigenvalue weighted by Gasteiger charge is 2.11. The molecule has 128 valence electrons. The normalized spacial score (nSPS) is 12.9. The fourth-order valence-electron chi connectivity index (χ4n) is 2.00. The van der Waals surface area contributed by atoms with Crippen molar-refractivity contribution < 1.29 is 4.79 Å². The van der Waals surface area contributed by atoms with E-state index >= 15 is 0 Å². The number of guanidine groups is 1. The van der Waals surface area contributed by atoms with Crippen molar-refractivity contribution in [3.05, 3.63) is 35.9 Å². The fourth-order valence-corrected chi connectivity index (χ4v) is 2.00. The first-order chi connectivity index (χ1) is 10.9. The third kappa shape index (κ3) is 7.17. The molecule has 1 atom stereocenters. The Balaban J connectivity index is 2.34. The van der Waals surface area contributed by atoms with Gasteiger partial charge in [0.1, 0.15) is 0 Å². The minimum atomic E-state index is 0.119. The molecule has 0 aromatic heterocycles. The average Bonchev–Trinajstić information content (AvgIpc) is 2.54. The van der Waals surface area contributed by atoms with Gasteiger partial charge in [-0.3, -0.25) is 9.79 Å². The van der Waals surface area contributed by atoms with E-state index in [0.717, 1.165) is 11.5 Å². The highest BCUT2D eigenvalue weighted by atomic mass is 16.2. The molecule has 0 spiro atoms. The molecule has 5 nitrogen and oxygen atoms in total. The Morgan fingerprint density at radius 3 is 2.43 bits per heavy atom. The van der Waals surface area contributed by atoms with Crippen LogP contribution in [0.5, 0.6) is 0 Å². The SMILES string of the molecule is CN=C(NCCC(=O)N(C)Cc1ccccc1)NC(C)C(C)C. The van der Waals surface area contributed by atoms with Crippen LogP contribution in [0.3, 0.4) is 0 Å². The van der Waals surface area contributed by atoms with Gasteiger partial charge in [-0.05, 0) is 18.4 Å². The lowest BCUT2D eigenvalue weighted by Crippen LogP contribution is -2.45. The van der Waals surface area contributed by atoms with Crippen LogP contribution < -0.4 is 10.6 Å². The summed E-state index contributed by atoms with van der Waals surface area (Å²) in [6.45, 7) is 7.65. The van der Waals surface area contributed by atoms with Gasteiger partial charge in [-0.1, -0.05) is 44.2 Å². The second-order valence-electron chi connectivity index (χ2n) is 6.16. The van der Waals surface area contributed by atoms with E-state index in [-0.39, 0.29) is 5.91 Å². The number of carbonyl (C=O) groups excluding carboxylic acids is 1. The molecule has 0 fully saturated rings. The van der Waals surface area contributed by atoms with E-state index in [1.807, 2.05) is 37.4 Å². The lowest BCUT2D eigenvalue weighted by atomic mass is 10.1. The number of nitrogens with one attached hydrogen (secondary N) is 2.